The summed E-state index contributed by atoms with van der Waals surface area (Å²) >= 11 is 0. The third-order valence-corrected chi connectivity index (χ3v) is 6.42. The second kappa shape index (κ2) is 10.6. The molecule has 1 aliphatic carbocycles. The summed E-state index contributed by atoms with van der Waals surface area (Å²) in [7, 11) is 0. The summed E-state index contributed by atoms with van der Waals surface area (Å²) in [5, 5.41) is 0. The van der Waals surface area contributed by atoms with Gasteiger partial charge in [0.1, 0.15) is 5.82 Å². The summed E-state index contributed by atoms with van der Waals surface area (Å²) in [6, 6.07) is 14.4. The van der Waals surface area contributed by atoms with E-state index >= 15 is 0 Å². The number of unbranched alkanes of at least 4 members (excludes halogenated alkanes) is 2. The lowest BCUT2D eigenvalue weighted by Gasteiger charge is -2.28. The summed E-state index contributed by atoms with van der Waals surface area (Å²) < 4.78 is 14.9. The highest BCUT2D eigenvalue weighted by Crippen LogP contribution is 2.38. The maximum atomic E-state index is 14.9. The van der Waals surface area contributed by atoms with Crippen LogP contribution >= 0.6 is 0 Å². The van der Waals surface area contributed by atoms with Crippen LogP contribution in [0.3, 0.4) is 0 Å². The maximum absolute atomic E-state index is 14.9. The van der Waals surface area contributed by atoms with Gasteiger partial charge < -0.3 is 0 Å². The number of hydrogen-bond acceptors (Lipinski definition) is 0. The Morgan fingerprint density at radius 3 is 2.39 bits per heavy atom. The van der Waals surface area contributed by atoms with Gasteiger partial charge in [-0.1, -0.05) is 62.2 Å². The van der Waals surface area contributed by atoms with Gasteiger partial charge in [-0.25, -0.2) is 4.39 Å². The summed E-state index contributed by atoms with van der Waals surface area (Å²) in [5.41, 5.74) is 4.24. The van der Waals surface area contributed by atoms with E-state index in [1.54, 1.807) is 6.07 Å². The second-order valence-electron chi connectivity index (χ2n) is 8.48. The van der Waals surface area contributed by atoms with Crippen molar-refractivity contribution >= 4 is 0 Å². The van der Waals surface area contributed by atoms with Gasteiger partial charge in [-0.15, -0.1) is 6.58 Å². The fraction of sp³-hybridized carbons (Fsp3) is 0.481. The molecule has 0 atom stereocenters. The van der Waals surface area contributed by atoms with Crippen LogP contribution in [-0.4, -0.2) is 0 Å². The summed E-state index contributed by atoms with van der Waals surface area (Å²) in [6.07, 6.45) is 14.2. The van der Waals surface area contributed by atoms with E-state index in [1.165, 1.54) is 62.5 Å². The first-order chi connectivity index (χ1) is 13.7. The smallest absolute Gasteiger partial charge is 0.131 e. The van der Waals surface area contributed by atoms with E-state index in [0.717, 1.165) is 29.9 Å². The Hall–Kier alpha value is -1.89. The van der Waals surface area contributed by atoms with Crippen molar-refractivity contribution in [2.45, 2.75) is 77.0 Å². The van der Waals surface area contributed by atoms with Crippen LogP contribution < -0.4 is 0 Å². The molecule has 0 N–H and O–H groups in total. The number of allylic oxidation sites excluding steroid dienone is 1. The van der Waals surface area contributed by atoms with Gasteiger partial charge in [-0.3, -0.25) is 0 Å². The Morgan fingerprint density at radius 2 is 1.75 bits per heavy atom. The molecule has 0 unspecified atom stereocenters. The minimum absolute atomic E-state index is 0.0787. The molecular weight excluding hydrogens is 343 g/mol. The average molecular weight is 379 g/mol. The average Bonchev–Trinajstić information content (AvgIpc) is 2.73. The molecule has 0 bridgehead atoms. The second-order valence-corrected chi connectivity index (χ2v) is 8.48. The predicted molar refractivity (Wildman–Crippen MR) is 119 cm³/mol. The Morgan fingerprint density at radius 1 is 1.00 bits per heavy atom. The molecule has 0 radical (unpaired) electrons. The zero-order valence-corrected chi connectivity index (χ0v) is 17.4. The lowest BCUT2D eigenvalue weighted by molar-refractivity contribution is 0.311. The van der Waals surface area contributed by atoms with Crippen LogP contribution in [0.1, 0.15) is 81.8 Å². The zero-order chi connectivity index (χ0) is 19.8. The normalized spacial score (nSPS) is 19.5. The molecular formula is C27H35F. The number of hydrogen-bond donors (Lipinski definition) is 0. The van der Waals surface area contributed by atoms with Gasteiger partial charge in [-0.2, -0.15) is 0 Å². The monoisotopic (exact) mass is 378 g/mol. The van der Waals surface area contributed by atoms with Crippen LogP contribution in [0.4, 0.5) is 4.39 Å². The van der Waals surface area contributed by atoms with E-state index in [2.05, 4.69) is 43.8 Å². The van der Waals surface area contributed by atoms with Crippen molar-refractivity contribution in [3.8, 4) is 11.1 Å². The molecule has 0 saturated heterocycles. The van der Waals surface area contributed by atoms with Crippen LogP contribution in [0.15, 0.2) is 55.1 Å². The van der Waals surface area contributed by atoms with Crippen LogP contribution in [0.25, 0.3) is 11.1 Å². The summed E-state index contributed by atoms with van der Waals surface area (Å²) in [5.74, 6) is 1.27. The lowest BCUT2D eigenvalue weighted by Crippen LogP contribution is -2.13. The molecule has 150 valence electrons. The first-order valence-corrected chi connectivity index (χ1v) is 11.2. The minimum atomic E-state index is -0.0787. The van der Waals surface area contributed by atoms with Crippen LogP contribution in [0, 0.1) is 11.7 Å². The van der Waals surface area contributed by atoms with Crippen LogP contribution in [0.2, 0.25) is 0 Å². The predicted octanol–water partition coefficient (Wildman–Crippen LogP) is 8.47. The molecule has 0 heterocycles. The van der Waals surface area contributed by atoms with Crippen molar-refractivity contribution in [1.82, 2.24) is 0 Å². The Balaban J connectivity index is 1.62. The van der Waals surface area contributed by atoms with Crippen molar-refractivity contribution in [2.75, 3.05) is 0 Å². The Bertz CT molecular complexity index is 735. The van der Waals surface area contributed by atoms with Gasteiger partial charge >= 0.3 is 0 Å². The number of halogens is 1. The number of rotatable bonds is 9. The fourth-order valence-corrected chi connectivity index (χ4v) is 4.59. The lowest BCUT2D eigenvalue weighted by atomic mass is 9.77. The third kappa shape index (κ3) is 5.56. The van der Waals surface area contributed by atoms with Gasteiger partial charge in [0, 0.05) is 5.56 Å². The molecule has 0 spiro atoms. The molecule has 2 aromatic rings. The first-order valence-electron chi connectivity index (χ1n) is 11.2. The molecule has 28 heavy (non-hydrogen) atoms. The largest absolute Gasteiger partial charge is 0.206 e. The molecule has 1 fully saturated rings. The molecule has 3 rings (SSSR count). The summed E-state index contributed by atoms with van der Waals surface area (Å²) in [6.45, 7) is 6.06. The number of benzene rings is 2. The molecule has 0 aromatic heterocycles. The fourth-order valence-electron chi connectivity index (χ4n) is 4.59. The van der Waals surface area contributed by atoms with E-state index in [1.807, 2.05) is 12.1 Å². The van der Waals surface area contributed by atoms with Gasteiger partial charge in [0.15, 0.2) is 0 Å². The van der Waals surface area contributed by atoms with E-state index in [4.69, 9.17) is 0 Å². The minimum Gasteiger partial charge on any atom is -0.206 e. The third-order valence-electron chi connectivity index (χ3n) is 6.42. The highest BCUT2D eigenvalue weighted by Gasteiger charge is 2.22. The summed E-state index contributed by atoms with van der Waals surface area (Å²) in [4.78, 5) is 0. The molecule has 0 amide bonds. The van der Waals surface area contributed by atoms with E-state index in [0.29, 0.717) is 5.92 Å². The van der Waals surface area contributed by atoms with Crippen molar-refractivity contribution in [3.05, 3.63) is 72.1 Å². The standard InChI is InChI=1S/C27H35F/c1-3-5-7-9-22-12-16-24(17-13-22)26-19-18-25(20-27(26)28)23-14-10-21(11-15-23)8-6-4-2/h4,12-13,16-21,23H,2-3,5-11,14-15H2,1H3. The van der Waals surface area contributed by atoms with Gasteiger partial charge in [0.05, 0.1) is 0 Å². The maximum Gasteiger partial charge on any atom is 0.131 e. The van der Waals surface area contributed by atoms with E-state index in [-0.39, 0.29) is 5.82 Å². The van der Waals surface area contributed by atoms with E-state index < -0.39 is 0 Å². The topological polar surface area (TPSA) is 0 Å². The SMILES string of the molecule is C=CCCC1CCC(c2ccc(-c3ccc(CCCCC)cc3)c(F)c2)CC1. The van der Waals surface area contributed by atoms with Crippen molar-refractivity contribution in [3.63, 3.8) is 0 Å². The Kier molecular flexibility index (Phi) is 7.89. The molecule has 1 heteroatoms. The van der Waals surface area contributed by atoms with Crippen LogP contribution in [-0.2, 0) is 6.42 Å². The van der Waals surface area contributed by atoms with Crippen molar-refractivity contribution in [2.24, 2.45) is 5.92 Å². The number of aryl methyl sites for hydroxylation is 1. The molecule has 2 aromatic carbocycles. The van der Waals surface area contributed by atoms with Crippen molar-refractivity contribution < 1.29 is 4.39 Å². The van der Waals surface area contributed by atoms with Gasteiger partial charge in [0.25, 0.3) is 0 Å². The van der Waals surface area contributed by atoms with Gasteiger partial charge in [0.2, 0.25) is 0 Å². The highest BCUT2D eigenvalue weighted by molar-refractivity contribution is 5.65. The molecule has 1 saturated carbocycles. The first kappa shape index (κ1) is 20.8. The highest BCUT2D eigenvalue weighted by atomic mass is 19.1. The van der Waals surface area contributed by atoms with Crippen molar-refractivity contribution in [1.29, 1.82) is 0 Å². The Labute approximate surface area is 170 Å². The molecule has 0 nitrogen and oxygen atoms in total. The zero-order valence-electron chi connectivity index (χ0n) is 17.4. The molecule has 1 aliphatic rings. The van der Waals surface area contributed by atoms with Crippen LogP contribution in [0.5, 0.6) is 0 Å². The molecule has 0 aliphatic heterocycles. The quantitative estimate of drug-likeness (QED) is 0.303. The van der Waals surface area contributed by atoms with Gasteiger partial charge in [-0.05, 0) is 86.0 Å². The van der Waals surface area contributed by atoms with E-state index in [9.17, 15) is 4.39 Å².